The van der Waals surface area contributed by atoms with E-state index in [1.165, 1.54) is 16.0 Å². The lowest BCUT2D eigenvalue weighted by Crippen LogP contribution is -2.01. The highest BCUT2D eigenvalue weighted by Crippen LogP contribution is 2.21. The molecule has 0 amide bonds. The zero-order valence-electron chi connectivity index (χ0n) is 12.3. The molecule has 0 saturated carbocycles. The smallest absolute Gasteiger partial charge is 0.107 e. The lowest BCUT2D eigenvalue weighted by atomic mass is 10.2. The topological polar surface area (TPSA) is 35.6 Å². The Bertz CT molecular complexity index is 888. The zero-order valence-corrected chi connectivity index (χ0v) is 13.1. The third-order valence-corrected chi connectivity index (χ3v) is 4.68. The highest BCUT2D eigenvalue weighted by Gasteiger charge is 2.09. The third kappa shape index (κ3) is 2.44. The fraction of sp³-hybridized carbons (Fsp3) is 0.176. The fourth-order valence-electron chi connectivity index (χ4n) is 2.74. The number of benzene rings is 1. The summed E-state index contributed by atoms with van der Waals surface area (Å²) in [5.41, 5.74) is 3.52. The van der Waals surface area contributed by atoms with Crippen molar-refractivity contribution in [3.63, 3.8) is 0 Å². The van der Waals surface area contributed by atoms with Gasteiger partial charge in [-0.05, 0) is 36.1 Å². The van der Waals surface area contributed by atoms with Crippen LogP contribution in [0.25, 0.3) is 11.0 Å². The summed E-state index contributed by atoms with van der Waals surface area (Å²) in [7, 11) is 0. The maximum Gasteiger partial charge on any atom is 0.107 e. The lowest BCUT2D eigenvalue weighted by Gasteiger charge is -2.07. The van der Waals surface area contributed by atoms with Crippen LogP contribution in [0.15, 0.2) is 54.4 Å². The first-order valence-electron chi connectivity index (χ1n) is 7.23. The molecule has 0 radical (unpaired) electrons. The van der Waals surface area contributed by atoms with Crippen LogP contribution >= 0.6 is 11.3 Å². The van der Waals surface area contributed by atoms with Crippen LogP contribution < -0.4 is 0 Å². The number of imidazole rings is 2. The number of nitrogens with zero attached hydrogens (tertiary/aromatic N) is 4. The predicted octanol–water partition coefficient (Wildman–Crippen LogP) is 3.70. The molecule has 22 heavy (non-hydrogen) atoms. The number of aromatic nitrogens is 4. The minimum atomic E-state index is 0.833. The van der Waals surface area contributed by atoms with E-state index >= 15 is 0 Å². The molecule has 0 aliphatic rings. The van der Waals surface area contributed by atoms with Crippen molar-refractivity contribution in [1.29, 1.82) is 0 Å². The Labute approximate surface area is 132 Å². The van der Waals surface area contributed by atoms with Crippen molar-refractivity contribution in [2.45, 2.75) is 20.0 Å². The second kappa shape index (κ2) is 5.42. The first kappa shape index (κ1) is 13.3. The average molecular weight is 308 g/mol. The molecule has 4 nitrogen and oxygen atoms in total. The SMILES string of the molecule is Cc1nc2ccc(Cn3ccnc3)cc2n1Cc1cccs1. The summed E-state index contributed by atoms with van der Waals surface area (Å²) < 4.78 is 4.37. The molecular formula is C17H16N4S. The van der Waals surface area contributed by atoms with Gasteiger partial charge in [0.2, 0.25) is 0 Å². The van der Waals surface area contributed by atoms with Crippen molar-refractivity contribution in [3.05, 3.63) is 70.7 Å². The molecule has 0 spiro atoms. The van der Waals surface area contributed by atoms with Gasteiger partial charge in [0.15, 0.2) is 0 Å². The monoisotopic (exact) mass is 308 g/mol. The molecule has 0 aliphatic heterocycles. The Morgan fingerprint density at radius 3 is 2.91 bits per heavy atom. The molecule has 0 atom stereocenters. The molecule has 0 fully saturated rings. The summed E-state index contributed by atoms with van der Waals surface area (Å²) >= 11 is 1.79. The number of aryl methyl sites for hydroxylation is 1. The molecule has 0 bridgehead atoms. The largest absolute Gasteiger partial charge is 0.333 e. The van der Waals surface area contributed by atoms with E-state index in [0.717, 1.165) is 24.4 Å². The van der Waals surface area contributed by atoms with Gasteiger partial charge in [-0.25, -0.2) is 9.97 Å². The van der Waals surface area contributed by atoms with Gasteiger partial charge in [0.05, 0.1) is 23.9 Å². The van der Waals surface area contributed by atoms with Crippen molar-refractivity contribution in [3.8, 4) is 0 Å². The first-order chi connectivity index (χ1) is 10.8. The van der Waals surface area contributed by atoms with Crippen LogP contribution in [0, 0.1) is 6.92 Å². The van der Waals surface area contributed by atoms with Gasteiger partial charge in [0.1, 0.15) is 5.82 Å². The molecule has 0 unspecified atom stereocenters. The van der Waals surface area contributed by atoms with Crippen LogP contribution in [0.3, 0.4) is 0 Å². The second-order valence-electron chi connectivity index (χ2n) is 5.38. The number of fused-ring (bicyclic) bond motifs is 1. The van der Waals surface area contributed by atoms with Crippen molar-refractivity contribution in [2.75, 3.05) is 0 Å². The van der Waals surface area contributed by atoms with Gasteiger partial charge in [0.25, 0.3) is 0 Å². The standard InChI is InChI=1S/C17H16N4S/c1-13-19-16-5-4-14(10-20-7-6-18-12-20)9-17(16)21(13)11-15-3-2-8-22-15/h2-9,12H,10-11H2,1H3. The van der Waals surface area contributed by atoms with E-state index in [4.69, 9.17) is 0 Å². The normalized spacial score (nSPS) is 11.3. The maximum atomic E-state index is 4.68. The Kier molecular flexibility index (Phi) is 3.27. The van der Waals surface area contributed by atoms with Crippen LogP contribution in [-0.2, 0) is 13.1 Å². The molecule has 0 N–H and O–H groups in total. The van der Waals surface area contributed by atoms with Crippen molar-refractivity contribution >= 4 is 22.4 Å². The summed E-state index contributed by atoms with van der Waals surface area (Å²) in [4.78, 5) is 10.1. The Morgan fingerprint density at radius 2 is 2.14 bits per heavy atom. The van der Waals surface area contributed by atoms with Gasteiger partial charge < -0.3 is 9.13 Å². The van der Waals surface area contributed by atoms with E-state index in [2.05, 4.69) is 61.7 Å². The molecule has 0 aliphatic carbocycles. The molecule has 4 aromatic rings. The summed E-state index contributed by atoms with van der Waals surface area (Å²) in [6.07, 6.45) is 5.64. The highest BCUT2D eigenvalue weighted by atomic mass is 32.1. The molecule has 1 aromatic carbocycles. The average Bonchev–Trinajstić information content (AvgIpc) is 3.23. The van der Waals surface area contributed by atoms with Crippen LogP contribution in [0.2, 0.25) is 0 Å². The van der Waals surface area contributed by atoms with E-state index < -0.39 is 0 Å². The van der Waals surface area contributed by atoms with Crippen molar-refractivity contribution in [2.24, 2.45) is 0 Å². The van der Waals surface area contributed by atoms with E-state index in [9.17, 15) is 0 Å². The van der Waals surface area contributed by atoms with E-state index in [1.54, 1.807) is 11.3 Å². The van der Waals surface area contributed by atoms with Crippen LogP contribution in [0.5, 0.6) is 0 Å². The number of hydrogen-bond donors (Lipinski definition) is 0. The fourth-order valence-corrected chi connectivity index (χ4v) is 3.43. The Hall–Kier alpha value is -2.40. The zero-order chi connectivity index (χ0) is 14.9. The van der Waals surface area contributed by atoms with Crippen molar-refractivity contribution in [1.82, 2.24) is 19.1 Å². The molecule has 110 valence electrons. The molecule has 0 saturated heterocycles. The first-order valence-corrected chi connectivity index (χ1v) is 8.11. The molecule has 4 rings (SSSR count). The van der Waals surface area contributed by atoms with Gasteiger partial charge >= 0.3 is 0 Å². The van der Waals surface area contributed by atoms with Crippen LogP contribution in [0.4, 0.5) is 0 Å². The minimum Gasteiger partial charge on any atom is -0.333 e. The van der Waals surface area contributed by atoms with Gasteiger partial charge in [-0.3, -0.25) is 0 Å². The number of thiophene rings is 1. The van der Waals surface area contributed by atoms with Gasteiger partial charge in [-0.15, -0.1) is 11.3 Å². The van der Waals surface area contributed by atoms with E-state index in [0.29, 0.717) is 0 Å². The van der Waals surface area contributed by atoms with Crippen molar-refractivity contribution < 1.29 is 0 Å². The summed E-state index contributed by atoms with van der Waals surface area (Å²) in [5, 5.41) is 2.12. The number of hydrogen-bond acceptors (Lipinski definition) is 3. The van der Waals surface area contributed by atoms with Gasteiger partial charge in [-0.2, -0.15) is 0 Å². The highest BCUT2D eigenvalue weighted by molar-refractivity contribution is 7.09. The van der Waals surface area contributed by atoms with E-state index in [-0.39, 0.29) is 0 Å². The maximum absolute atomic E-state index is 4.68. The lowest BCUT2D eigenvalue weighted by molar-refractivity contribution is 0.787. The number of rotatable bonds is 4. The summed E-state index contributed by atoms with van der Waals surface area (Å²) in [6.45, 7) is 3.79. The van der Waals surface area contributed by atoms with Gasteiger partial charge in [-0.1, -0.05) is 12.1 Å². The summed E-state index contributed by atoms with van der Waals surface area (Å²) in [5.74, 6) is 1.06. The van der Waals surface area contributed by atoms with Crippen LogP contribution in [0.1, 0.15) is 16.3 Å². The third-order valence-electron chi connectivity index (χ3n) is 3.82. The second-order valence-corrected chi connectivity index (χ2v) is 6.41. The van der Waals surface area contributed by atoms with Gasteiger partial charge in [0, 0.05) is 23.8 Å². The minimum absolute atomic E-state index is 0.833. The predicted molar refractivity (Wildman–Crippen MR) is 89.2 cm³/mol. The quantitative estimate of drug-likeness (QED) is 0.576. The summed E-state index contributed by atoms with van der Waals surface area (Å²) in [6, 6.07) is 10.8. The molecule has 3 aromatic heterocycles. The molecular weight excluding hydrogens is 292 g/mol. The Balaban J connectivity index is 1.74. The van der Waals surface area contributed by atoms with Crippen LogP contribution in [-0.4, -0.2) is 19.1 Å². The van der Waals surface area contributed by atoms with E-state index in [1.807, 2.05) is 18.7 Å². The molecule has 5 heteroatoms. The molecule has 3 heterocycles. The Morgan fingerprint density at radius 1 is 1.18 bits per heavy atom.